The van der Waals surface area contributed by atoms with Crippen LogP contribution >= 0.6 is 12.4 Å². The van der Waals surface area contributed by atoms with Crippen molar-refractivity contribution in [1.82, 2.24) is 10.9 Å². The molecule has 66 valence electrons. The molecule has 0 aromatic rings. The van der Waals surface area contributed by atoms with Crippen LogP contribution in [-0.4, -0.2) is 12.6 Å². The Balaban J connectivity index is 0.000000605. The topological polar surface area (TPSA) is 24.1 Å². The van der Waals surface area contributed by atoms with Crippen molar-refractivity contribution in [2.45, 2.75) is 32.2 Å². The van der Waals surface area contributed by atoms with Gasteiger partial charge in [0.15, 0.2) is 0 Å². The van der Waals surface area contributed by atoms with Crippen LogP contribution in [0.3, 0.4) is 0 Å². The summed E-state index contributed by atoms with van der Waals surface area (Å²) in [5.74, 6) is 1.88. The number of halogens is 1. The number of hydrogen-bond acceptors (Lipinski definition) is 2. The van der Waals surface area contributed by atoms with E-state index in [0.29, 0.717) is 0 Å². The second-order valence-electron chi connectivity index (χ2n) is 3.81. The molecule has 0 bridgehead atoms. The summed E-state index contributed by atoms with van der Waals surface area (Å²) in [4.78, 5) is 0. The normalized spacial score (nSPS) is 42.8. The molecule has 0 radical (unpaired) electrons. The molecule has 3 atom stereocenters. The highest BCUT2D eigenvalue weighted by molar-refractivity contribution is 5.85. The van der Waals surface area contributed by atoms with Gasteiger partial charge in [-0.25, -0.2) is 0 Å². The maximum atomic E-state index is 3.33. The lowest BCUT2D eigenvalue weighted by molar-refractivity contribution is 0.267. The van der Waals surface area contributed by atoms with Crippen LogP contribution in [0.4, 0.5) is 0 Å². The van der Waals surface area contributed by atoms with Crippen molar-refractivity contribution in [3.63, 3.8) is 0 Å². The lowest BCUT2D eigenvalue weighted by Gasteiger charge is -2.28. The Labute approximate surface area is 74.5 Å². The van der Waals surface area contributed by atoms with E-state index in [9.17, 15) is 0 Å². The third kappa shape index (κ3) is 1.86. The molecule has 1 aliphatic heterocycles. The van der Waals surface area contributed by atoms with Gasteiger partial charge >= 0.3 is 0 Å². The zero-order valence-corrected chi connectivity index (χ0v) is 7.79. The molecular formula is C8H17ClN2. The molecule has 2 N–H and O–H groups in total. The maximum absolute atomic E-state index is 3.33. The maximum Gasteiger partial charge on any atom is 0.0254 e. The average molecular weight is 177 g/mol. The van der Waals surface area contributed by atoms with Gasteiger partial charge in [0.2, 0.25) is 0 Å². The average Bonchev–Trinajstić information content (AvgIpc) is 2.33. The molecule has 1 saturated carbocycles. The Bertz CT molecular complexity index is 129. The Morgan fingerprint density at radius 1 is 1.27 bits per heavy atom. The quantitative estimate of drug-likeness (QED) is 0.582. The molecule has 0 aromatic heterocycles. The van der Waals surface area contributed by atoms with Gasteiger partial charge in [-0.1, -0.05) is 6.92 Å². The van der Waals surface area contributed by atoms with Crippen molar-refractivity contribution in [2.75, 3.05) is 6.54 Å². The number of hydrogen-bond donors (Lipinski definition) is 2. The van der Waals surface area contributed by atoms with E-state index in [1.807, 2.05) is 0 Å². The van der Waals surface area contributed by atoms with E-state index in [1.54, 1.807) is 0 Å². The number of hydrazine groups is 1. The predicted octanol–water partition coefficient (Wildman–Crippen LogP) is 1.32. The van der Waals surface area contributed by atoms with Gasteiger partial charge in [-0.3, -0.25) is 10.9 Å². The van der Waals surface area contributed by atoms with Crippen molar-refractivity contribution in [1.29, 1.82) is 0 Å². The fraction of sp³-hybridized carbons (Fsp3) is 1.00. The van der Waals surface area contributed by atoms with E-state index >= 15 is 0 Å². The Morgan fingerprint density at radius 3 is 2.91 bits per heavy atom. The van der Waals surface area contributed by atoms with Crippen LogP contribution < -0.4 is 10.9 Å². The van der Waals surface area contributed by atoms with Crippen LogP contribution in [0.15, 0.2) is 0 Å². The molecule has 0 amide bonds. The highest BCUT2D eigenvalue weighted by Gasteiger charge is 2.31. The van der Waals surface area contributed by atoms with E-state index in [4.69, 9.17) is 0 Å². The summed E-state index contributed by atoms with van der Waals surface area (Å²) in [5.41, 5.74) is 6.56. The molecule has 0 aromatic carbocycles. The summed E-state index contributed by atoms with van der Waals surface area (Å²) in [6, 6.07) is 0.788. The highest BCUT2D eigenvalue weighted by atomic mass is 35.5. The van der Waals surface area contributed by atoms with Gasteiger partial charge in [0.25, 0.3) is 0 Å². The lowest BCUT2D eigenvalue weighted by Crippen LogP contribution is -2.34. The van der Waals surface area contributed by atoms with Crippen LogP contribution in [0.25, 0.3) is 0 Å². The van der Waals surface area contributed by atoms with Gasteiger partial charge in [0.1, 0.15) is 0 Å². The fourth-order valence-electron chi connectivity index (χ4n) is 2.24. The molecule has 1 aliphatic carbocycles. The molecule has 2 rings (SSSR count). The van der Waals surface area contributed by atoms with Crippen LogP contribution in [0.2, 0.25) is 0 Å². The van der Waals surface area contributed by atoms with Crippen LogP contribution in [0.1, 0.15) is 26.2 Å². The van der Waals surface area contributed by atoms with Gasteiger partial charge in [-0.05, 0) is 31.1 Å². The minimum Gasteiger partial charge on any atom is -0.257 e. The SMILES string of the molecule is CC1CCC2NNCC2C1.Cl. The minimum absolute atomic E-state index is 0. The largest absolute Gasteiger partial charge is 0.257 e. The Morgan fingerprint density at radius 2 is 2.09 bits per heavy atom. The first-order valence-electron chi connectivity index (χ1n) is 4.34. The minimum atomic E-state index is 0. The van der Waals surface area contributed by atoms with Crippen molar-refractivity contribution < 1.29 is 0 Å². The molecule has 2 aliphatic rings. The van der Waals surface area contributed by atoms with Crippen molar-refractivity contribution >= 4 is 12.4 Å². The molecule has 2 nitrogen and oxygen atoms in total. The first-order valence-corrected chi connectivity index (χ1v) is 4.34. The standard InChI is InChI=1S/C8H16N2.ClH/c1-6-2-3-8-7(4-6)5-9-10-8;/h6-10H,2-5H2,1H3;1H. The van der Waals surface area contributed by atoms with Gasteiger partial charge in [0, 0.05) is 12.6 Å². The molecule has 11 heavy (non-hydrogen) atoms. The summed E-state index contributed by atoms with van der Waals surface area (Å²) >= 11 is 0. The number of rotatable bonds is 0. The predicted molar refractivity (Wildman–Crippen MR) is 48.7 cm³/mol. The van der Waals surface area contributed by atoms with Crippen molar-refractivity contribution in [3.8, 4) is 0 Å². The third-order valence-electron chi connectivity index (χ3n) is 2.90. The van der Waals surface area contributed by atoms with E-state index in [0.717, 1.165) is 17.9 Å². The summed E-state index contributed by atoms with van der Waals surface area (Å²) in [6.45, 7) is 3.56. The summed E-state index contributed by atoms with van der Waals surface area (Å²) in [7, 11) is 0. The first-order chi connectivity index (χ1) is 4.86. The van der Waals surface area contributed by atoms with Crippen LogP contribution in [0.5, 0.6) is 0 Å². The Hall–Kier alpha value is 0.210. The zero-order chi connectivity index (χ0) is 6.97. The third-order valence-corrected chi connectivity index (χ3v) is 2.90. The smallest absolute Gasteiger partial charge is 0.0254 e. The molecule has 3 heteroatoms. The molecule has 0 spiro atoms. The van der Waals surface area contributed by atoms with E-state index in [-0.39, 0.29) is 12.4 Å². The first kappa shape index (κ1) is 9.30. The molecule has 1 saturated heterocycles. The summed E-state index contributed by atoms with van der Waals surface area (Å²) < 4.78 is 0. The van der Waals surface area contributed by atoms with Gasteiger partial charge < -0.3 is 0 Å². The molecular weight excluding hydrogens is 160 g/mol. The van der Waals surface area contributed by atoms with E-state index < -0.39 is 0 Å². The van der Waals surface area contributed by atoms with E-state index in [1.165, 1.54) is 25.8 Å². The monoisotopic (exact) mass is 176 g/mol. The van der Waals surface area contributed by atoms with Gasteiger partial charge in [0.05, 0.1) is 0 Å². The van der Waals surface area contributed by atoms with Gasteiger partial charge in [-0.2, -0.15) is 0 Å². The van der Waals surface area contributed by atoms with Crippen molar-refractivity contribution in [3.05, 3.63) is 0 Å². The van der Waals surface area contributed by atoms with E-state index in [2.05, 4.69) is 17.8 Å². The second kappa shape index (κ2) is 3.74. The van der Waals surface area contributed by atoms with Gasteiger partial charge in [-0.15, -0.1) is 12.4 Å². The number of fused-ring (bicyclic) bond motifs is 1. The summed E-state index contributed by atoms with van der Waals surface area (Å²) in [5, 5.41) is 0. The molecule has 3 unspecified atom stereocenters. The fourth-order valence-corrected chi connectivity index (χ4v) is 2.24. The van der Waals surface area contributed by atoms with Crippen molar-refractivity contribution in [2.24, 2.45) is 11.8 Å². The Kier molecular flexibility index (Phi) is 3.16. The lowest BCUT2D eigenvalue weighted by atomic mass is 9.80. The second-order valence-corrected chi connectivity index (χ2v) is 3.81. The molecule has 1 heterocycles. The highest BCUT2D eigenvalue weighted by Crippen LogP contribution is 2.30. The molecule has 2 fully saturated rings. The van der Waals surface area contributed by atoms with Crippen LogP contribution in [-0.2, 0) is 0 Å². The number of nitrogens with one attached hydrogen (secondary N) is 2. The van der Waals surface area contributed by atoms with Crippen LogP contribution in [0, 0.1) is 11.8 Å². The zero-order valence-electron chi connectivity index (χ0n) is 6.97. The summed E-state index contributed by atoms with van der Waals surface area (Å²) in [6.07, 6.45) is 4.21.